The molecule has 2 aromatic rings. The highest BCUT2D eigenvalue weighted by Gasteiger charge is 2.52. The molecule has 0 fully saturated rings. The maximum Gasteiger partial charge on any atom is 0.203 e. The summed E-state index contributed by atoms with van der Waals surface area (Å²) in [6, 6.07) is 9.95. The molecule has 6 heteroatoms. The fraction of sp³-hybridized carbons (Fsp3) is 0.167. The number of phenolic OH excluding ortho intramolecular Hbond substituents is 1. The van der Waals surface area contributed by atoms with E-state index in [4.69, 9.17) is 4.74 Å². The number of carbonyl (C=O) groups excluding carboxylic acids is 3. The number of ether oxygens (including phenoxy) is 1. The van der Waals surface area contributed by atoms with Crippen molar-refractivity contribution >= 4 is 17.3 Å². The smallest absolute Gasteiger partial charge is 0.203 e. The van der Waals surface area contributed by atoms with Gasteiger partial charge in [-0.25, -0.2) is 0 Å². The van der Waals surface area contributed by atoms with Crippen LogP contribution in [0, 0.1) is 0 Å². The maximum atomic E-state index is 12.4. The number of benzene rings is 2. The van der Waals surface area contributed by atoms with Crippen molar-refractivity contribution in [1.29, 1.82) is 0 Å². The molecular weight excluding hydrogens is 312 g/mol. The van der Waals surface area contributed by atoms with Crippen molar-refractivity contribution in [3.63, 3.8) is 0 Å². The van der Waals surface area contributed by atoms with Crippen LogP contribution < -0.4 is 4.74 Å². The number of hydrogen-bond donors (Lipinski definition) is 2. The summed E-state index contributed by atoms with van der Waals surface area (Å²) < 4.78 is 4.93. The van der Waals surface area contributed by atoms with Crippen LogP contribution in [0.4, 0.5) is 0 Å². The molecule has 1 aliphatic carbocycles. The van der Waals surface area contributed by atoms with E-state index in [0.29, 0.717) is 0 Å². The Hall–Kier alpha value is -2.99. The molecule has 2 N–H and O–H groups in total. The van der Waals surface area contributed by atoms with Gasteiger partial charge in [-0.15, -0.1) is 0 Å². The van der Waals surface area contributed by atoms with Crippen molar-refractivity contribution in [2.75, 3.05) is 7.11 Å². The predicted molar refractivity (Wildman–Crippen MR) is 83.7 cm³/mol. The average Bonchev–Trinajstić information content (AvgIpc) is 2.77. The molecule has 2 aromatic carbocycles. The lowest BCUT2D eigenvalue weighted by atomic mass is 9.89. The van der Waals surface area contributed by atoms with Gasteiger partial charge in [0, 0.05) is 16.7 Å². The van der Waals surface area contributed by atoms with E-state index >= 15 is 0 Å². The van der Waals surface area contributed by atoms with Crippen LogP contribution in [0.3, 0.4) is 0 Å². The molecule has 24 heavy (non-hydrogen) atoms. The molecule has 0 radical (unpaired) electrons. The van der Waals surface area contributed by atoms with Crippen LogP contribution in [0.2, 0.25) is 0 Å². The van der Waals surface area contributed by atoms with Gasteiger partial charge in [-0.1, -0.05) is 24.3 Å². The number of Topliss-reactive ketones (excluding diaryl/α,β-unsaturated/α-hetero) is 3. The number of fused-ring (bicyclic) bond motifs is 1. The van der Waals surface area contributed by atoms with Gasteiger partial charge in [-0.2, -0.15) is 0 Å². The summed E-state index contributed by atoms with van der Waals surface area (Å²) in [7, 11) is 1.33. The van der Waals surface area contributed by atoms with Gasteiger partial charge in [0.05, 0.1) is 13.5 Å². The van der Waals surface area contributed by atoms with Gasteiger partial charge in [0.2, 0.25) is 11.6 Å². The number of phenols is 1. The zero-order valence-electron chi connectivity index (χ0n) is 12.8. The molecule has 0 aromatic heterocycles. The normalized spacial score (nSPS) is 15.2. The fourth-order valence-electron chi connectivity index (χ4n) is 2.77. The van der Waals surface area contributed by atoms with Crippen LogP contribution in [-0.2, 0) is 0 Å². The highest BCUT2D eigenvalue weighted by molar-refractivity contribution is 6.33. The summed E-state index contributed by atoms with van der Waals surface area (Å²) in [5.74, 6) is -2.22. The molecule has 0 amide bonds. The van der Waals surface area contributed by atoms with Gasteiger partial charge in [0.25, 0.3) is 0 Å². The molecule has 0 saturated carbocycles. The Morgan fingerprint density at radius 2 is 1.67 bits per heavy atom. The van der Waals surface area contributed by atoms with E-state index < -0.39 is 29.4 Å². The largest absolute Gasteiger partial charge is 0.504 e. The van der Waals surface area contributed by atoms with E-state index in [1.807, 2.05) is 0 Å². The first-order valence-electron chi connectivity index (χ1n) is 7.19. The van der Waals surface area contributed by atoms with Gasteiger partial charge in [0.15, 0.2) is 22.9 Å². The predicted octanol–water partition coefficient (Wildman–Crippen LogP) is 1.78. The second-order valence-electron chi connectivity index (χ2n) is 5.55. The number of ketones is 3. The van der Waals surface area contributed by atoms with Crippen LogP contribution in [0.15, 0.2) is 42.5 Å². The maximum absolute atomic E-state index is 12.4. The van der Waals surface area contributed by atoms with Crippen molar-refractivity contribution in [2.45, 2.75) is 12.0 Å². The Morgan fingerprint density at radius 3 is 2.21 bits per heavy atom. The first-order valence-corrected chi connectivity index (χ1v) is 7.19. The molecule has 0 aliphatic heterocycles. The van der Waals surface area contributed by atoms with Gasteiger partial charge < -0.3 is 14.9 Å². The van der Waals surface area contributed by atoms with E-state index in [9.17, 15) is 24.6 Å². The quantitative estimate of drug-likeness (QED) is 0.656. The minimum absolute atomic E-state index is 0.0835. The Kier molecular flexibility index (Phi) is 3.69. The van der Waals surface area contributed by atoms with Gasteiger partial charge >= 0.3 is 0 Å². The van der Waals surface area contributed by atoms with E-state index in [1.54, 1.807) is 12.1 Å². The summed E-state index contributed by atoms with van der Waals surface area (Å²) in [5, 5.41) is 20.1. The van der Waals surface area contributed by atoms with Crippen molar-refractivity contribution < 1.29 is 29.3 Å². The Bertz CT molecular complexity index is 833. The van der Waals surface area contributed by atoms with Gasteiger partial charge in [0.1, 0.15) is 0 Å². The van der Waals surface area contributed by atoms with E-state index in [2.05, 4.69) is 0 Å². The lowest BCUT2D eigenvalue weighted by Crippen LogP contribution is -2.43. The summed E-state index contributed by atoms with van der Waals surface area (Å²) >= 11 is 0. The summed E-state index contributed by atoms with van der Waals surface area (Å²) in [4.78, 5) is 37.2. The second-order valence-corrected chi connectivity index (χ2v) is 5.55. The third kappa shape index (κ3) is 2.28. The molecule has 6 nitrogen and oxygen atoms in total. The first kappa shape index (κ1) is 15.9. The highest BCUT2D eigenvalue weighted by atomic mass is 16.5. The third-order valence-electron chi connectivity index (χ3n) is 4.09. The Balaban J connectivity index is 1.92. The number of aromatic hydroxyl groups is 1. The molecule has 0 saturated heterocycles. The molecule has 0 bridgehead atoms. The number of rotatable bonds is 4. The number of methoxy groups -OCH3 is 1. The van der Waals surface area contributed by atoms with Gasteiger partial charge in [-0.05, 0) is 18.2 Å². The number of carbonyl (C=O) groups is 3. The molecule has 1 aliphatic rings. The van der Waals surface area contributed by atoms with Crippen LogP contribution in [0.1, 0.15) is 37.5 Å². The SMILES string of the molecule is COc1cc(C(=O)CC2(O)C(=O)c3ccccc3C2=O)ccc1O. The number of aliphatic hydroxyl groups is 1. The van der Waals surface area contributed by atoms with Crippen LogP contribution in [-0.4, -0.2) is 40.3 Å². The standard InChI is InChI=1S/C18H14O6/c1-24-15-8-10(6-7-13(15)19)14(20)9-18(23)16(21)11-4-2-3-5-12(11)17(18)22/h2-8,19,23H,9H2,1H3. The van der Waals surface area contributed by atoms with Crippen molar-refractivity contribution in [2.24, 2.45) is 0 Å². The Labute approximate surface area is 137 Å². The zero-order valence-corrected chi connectivity index (χ0v) is 12.8. The monoisotopic (exact) mass is 326 g/mol. The second kappa shape index (κ2) is 5.58. The van der Waals surface area contributed by atoms with Crippen molar-refractivity contribution in [3.05, 3.63) is 59.2 Å². The first-order chi connectivity index (χ1) is 11.4. The fourth-order valence-corrected chi connectivity index (χ4v) is 2.77. The summed E-state index contributed by atoms with van der Waals surface area (Å²) in [6.45, 7) is 0. The molecule has 122 valence electrons. The van der Waals surface area contributed by atoms with E-state index in [-0.39, 0.29) is 28.2 Å². The third-order valence-corrected chi connectivity index (χ3v) is 4.09. The lowest BCUT2D eigenvalue weighted by molar-refractivity contribution is 0.0295. The topological polar surface area (TPSA) is 101 Å². The summed E-state index contributed by atoms with van der Waals surface area (Å²) in [6.07, 6.45) is -0.673. The molecular formula is C18H14O6. The van der Waals surface area contributed by atoms with Crippen LogP contribution in [0.5, 0.6) is 11.5 Å². The van der Waals surface area contributed by atoms with Crippen LogP contribution in [0.25, 0.3) is 0 Å². The molecule has 0 heterocycles. The minimum atomic E-state index is -2.40. The van der Waals surface area contributed by atoms with E-state index in [0.717, 1.165) is 0 Å². The molecule has 0 atom stereocenters. The van der Waals surface area contributed by atoms with E-state index in [1.165, 1.54) is 37.4 Å². The molecule has 3 rings (SSSR count). The average molecular weight is 326 g/mol. The number of hydrogen-bond acceptors (Lipinski definition) is 6. The Morgan fingerprint density at radius 1 is 1.08 bits per heavy atom. The lowest BCUT2D eigenvalue weighted by Gasteiger charge is -2.18. The van der Waals surface area contributed by atoms with Crippen LogP contribution >= 0.6 is 0 Å². The van der Waals surface area contributed by atoms with Gasteiger partial charge in [-0.3, -0.25) is 14.4 Å². The van der Waals surface area contributed by atoms with Crippen molar-refractivity contribution in [1.82, 2.24) is 0 Å². The zero-order chi connectivity index (χ0) is 17.5. The highest BCUT2D eigenvalue weighted by Crippen LogP contribution is 2.34. The summed E-state index contributed by atoms with van der Waals surface area (Å²) in [5.41, 5.74) is -2.05. The van der Waals surface area contributed by atoms with Crippen molar-refractivity contribution in [3.8, 4) is 11.5 Å². The minimum Gasteiger partial charge on any atom is -0.504 e. The molecule has 0 unspecified atom stereocenters. The molecule has 0 spiro atoms.